The molecule has 0 spiro atoms. The second-order valence-electron chi connectivity index (χ2n) is 9.42. The van der Waals surface area contributed by atoms with Crippen molar-refractivity contribution in [1.29, 1.82) is 0 Å². The summed E-state index contributed by atoms with van der Waals surface area (Å²) in [5.41, 5.74) is 3.42. The molecule has 1 heterocycles. The summed E-state index contributed by atoms with van der Waals surface area (Å²) >= 11 is 0. The van der Waals surface area contributed by atoms with E-state index in [-0.39, 0.29) is 30.3 Å². The minimum atomic E-state index is -0.313. The molecule has 0 radical (unpaired) electrons. The molecule has 0 bridgehead atoms. The Hall–Kier alpha value is -3.19. The molecule has 6 nitrogen and oxygen atoms in total. The zero-order chi connectivity index (χ0) is 24.7. The number of rotatable bonds is 9. The predicted molar refractivity (Wildman–Crippen MR) is 138 cm³/mol. The number of hydrogen-bond acceptors (Lipinski definition) is 5. The average Bonchev–Trinajstić information content (AvgIpc) is 3.46. The van der Waals surface area contributed by atoms with Gasteiger partial charge in [0.15, 0.2) is 0 Å². The number of carbonyl (C=O) groups excluding carboxylic acids is 1. The van der Waals surface area contributed by atoms with Gasteiger partial charge in [0, 0.05) is 25.4 Å². The van der Waals surface area contributed by atoms with Crippen LogP contribution in [0.5, 0.6) is 0 Å². The van der Waals surface area contributed by atoms with Crippen LogP contribution in [0.15, 0.2) is 91.0 Å². The van der Waals surface area contributed by atoms with Crippen molar-refractivity contribution in [2.75, 3.05) is 13.2 Å². The SMILES string of the molecule is CCOC(=O)N1C[C@@H]2[C@@H]([C@H](OCc3ccccc3)C[C@@H]2OCc2ccccc2)N1Cc1ccccc1. The summed E-state index contributed by atoms with van der Waals surface area (Å²) in [7, 11) is 0. The number of ether oxygens (including phenoxy) is 3. The summed E-state index contributed by atoms with van der Waals surface area (Å²) in [6, 6.07) is 30.7. The Kier molecular flexibility index (Phi) is 7.96. The number of hydrogen-bond donors (Lipinski definition) is 0. The van der Waals surface area contributed by atoms with Crippen molar-refractivity contribution in [2.24, 2.45) is 5.92 Å². The molecule has 2 fully saturated rings. The van der Waals surface area contributed by atoms with Gasteiger partial charge < -0.3 is 14.2 Å². The maximum Gasteiger partial charge on any atom is 0.424 e. The summed E-state index contributed by atoms with van der Waals surface area (Å²) in [5, 5.41) is 3.92. The van der Waals surface area contributed by atoms with Crippen LogP contribution in [0.3, 0.4) is 0 Å². The number of amides is 1. The van der Waals surface area contributed by atoms with Gasteiger partial charge in [-0.2, -0.15) is 0 Å². The van der Waals surface area contributed by atoms with Crippen molar-refractivity contribution in [3.8, 4) is 0 Å². The van der Waals surface area contributed by atoms with E-state index in [2.05, 4.69) is 41.4 Å². The van der Waals surface area contributed by atoms with Crippen molar-refractivity contribution in [3.05, 3.63) is 108 Å². The first-order valence-corrected chi connectivity index (χ1v) is 12.8. The highest BCUT2D eigenvalue weighted by Crippen LogP contribution is 2.42. The maximum absolute atomic E-state index is 13.0. The lowest BCUT2D eigenvalue weighted by Gasteiger charge is -2.34. The molecule has 1 saturated carbocycles. The number of nitrogens with zero attached hydrogens (tertiary/aromatic N) is 2. The monoisotopic (exact) mass is 486 g/mol. The fourth-order valence-electron chi connectivity index (χ4n) is 5.39. The third-order valence-corrected chi connectivity index (χ3v) is 7.08. The molecule has 1 saturated heterocycles. The van der Waals surface area contributed by atoms with E-state index in [1.54, 1.807) is 5.01 Å². The van der Waals surface area contributed by atoms with Crippen LogP contribution in [0, 0.1) is 5.92 Å². The van der Waals surface area contributed by atoms with Crippen LogP contribution in [0.1, 0.15) is 30.0 Å². The molecule has 6 heteroatoms. The highest BCUT2D eigenvalue weighted by molar-refractivity contribution is 5.67. The average molecular weight is 487 g/mol. The molecular weight excluding hydrogens is 452 g/mol. The molecule has 3 aromatic rings. The number of benzene rings is 3. The van der Waals surface area contributed by atoms with E-state index in [0.717, 1.165) is 23.1 Å². The fourth-order valence-corrected chi connectivity index (χ4v) is 5.39. The quantitative estimate of drug-likeness (QED) is 0.403. The second kappa shape index (κ2) is 11.7. The van der Waals surface area contributed by atoms with Crippen LogP contribution in [0.25, 0.3) is 0 Å². The molecule has 188 valence electrons. The van der Waals surface area contributed by atoms with E-state index in [1.165, 1.54) is 0 Å². The highest BCUT2D eigenvalue weighted by atomic mass is 16.6. The summed E-state index contributed by atoms with van der Waals surface area (Å²) in [4.78, 5) is 13.0. The van der Waals surface area contributed by atoms with Gasteiger partial charge in [-0.3, -0.25) is 0 Å². The van der Waals surface area contributed by atoms with Crippen molar-refractivity contribution in [3.63, 3.8) is 0 Å². The van der Waals surface area contributed by atoms with Gasteiger partial charge in [-0.15, -0.1) is 0 Å². The van der Waals surface area contributed by atoms with Crippen LogP contribution < -0.4 is 0 Å². The lowest BCUT2D eigenvalue weighted by atomic mass is 10.0. The third-order valence-electron chi connectivity index (χ3n) is 7.08. The highest BCUT2D eigenvalue weighted by Gasteiger charge is 2.55. The van der Waals surface area contributed by atoms with Crippen LogP contribution in [0.4, 0.5) is 4.79 Å². The number of hydrazine groups is 1. The Morgan fingerprint density at radius 3 is 1.86 bits per heavy atom. The molecule has 2 aliphatic rings. The summed E-state index contributed by atoms with van der Waals surface area (Å²) in [6.45, 7) is 4.41. The third kappa shape index (κ3) is 5.62. The summed E-state index contributed by atoms with van der Waals surface area (Å²) in [6.07, 6.45) is 0.385. The van der Waals surface area contributed by atoms with Gasteiger partial charge in [0.05, 0.1) is 38.1 Å². The van der Waals surface area contributed by atoms with Gasteiger partial charge in [-0.1, -0.05) is 91.0 Å². The minimum Gasteiger partial charge on any atom is -0.449 e. The van der Waals surface area contributed by atoms with E-state index in [9.17, 15) is 4.79 Å². The zero-order valence-corrected chi connectivity index (χ0v) is 20.7. The van der Waals surface area contributed by atoms with Gasteiger partial charge in [-0.25, -0.2) is 14.8 Å². The van der Waals surface area contributed by atoms with Gasteiger partial charge in [0.25, 0.3) is 0 Å². The topological polar surface area (TPSA) is 51.2 Å². The molecule has 36 heavy (non-hydrogen) atoms. The number of fused-ring (bicyclic) bond motifs is 1. The molecule has 0 N–H and O–H groups in total. The van der Waals surface area contributed by atoms with Crippen LogP contribution in [0.2, 0.25) is 0 Å². The standard InChI is InChI=1S/C30H34N2O4/c1-2-34-30(33)32-20-26-27(35-21-24-14-8-4-9-15-24)18-28(36-22-25-16-10-5-11-17-25)29(26)31(32)19-23-12-6-3-7-13-23/h3-17,26-29H,2,18-22H2,1H3/t26-,27-,28+,29-/m0/s1. The molecule has 4 atom stereocenters. The van der Waals surface area contributed by atoms with E-state index in [0.29, 0.717) is 32.9 Å². The molecule has 1 amide bonds. The predicted octanol–water partition coefficient (Wildman–Crippen LogP) is 5.44. The Morgan fingerprint density at radius 2 is 1.31 bits per heavy atom. The van der Waals surface area contributed by atoms with E-state index < -0.39 is 0 Å². The van der Waals surface area contributed by atoms with Crippen LogP contribution in [-0.2, 0) is 34.0 Å². The van der Waals surface area contributed by atoms with Crippen molar-refractivity contribution in [1.82, 2.24) is 10.0 Å². The van der Waals surface area contributed by atoms with E-state index in [4.69, 9.17) is 14.2 Å². The maximum atomic E-state index is 13.0. The molecular formula is C30H34N2O4. The van der Waals surface area contributed by atoms with Gasteiger partial charge in [0.2, 0.25) is 0 Å². The molecule has 0 unspecified atom stereocenters. The molecule has 5 rings (SSSR count). The summed E-state index contributed by atoms with van der Waals surface area (Å²) < 4.78 is 18.5. The first-order chi connectivity index (χ1) is 17.7. The molecule has 1 aliphatic carbocycles. The van der Waals surface area contributed by atoms with Crippen LogP contribution in [-0.4, -0.2) is 47.5 Å². The lowest BCUT2D eigenvalue weighted by molar-refractivity contribution is -0.0694. The first kappa shape index (κ1) is 24.5. The van der Waals surface area contributed by atoms with E-state index in [1.807, 2.05) is 61.5 Å². The van der Waals surface area contributed by atoms with Crippen LogP contribution >= 0.6 is 0 Å². The normalized spacial score (nSPS) is 23.5. The van der Waals surface area contributed by atoms with Crippen molar-refractivity contribution >= 4 is 6.09 Å². The Balaban J connectivity index is 1.39. The smallest absolute Gasteiger partial charge is 0.424 e. The molecule has 0 aromatic heterocycles. The van der Waals surface area contributed by atoms with Gasteiger partial charge in [-0.05, 0) is 23.6 Å². The minimum absolute atomic E-state index is 0.0131. The van der Waals surface area contributed by atoms with Gasteiger partial charge in [0.1, 0.15) is 0 Å². The fraction of sp³-hybridized carbons (Fsp3) is 0.367. The first-order valence-electron chi connectivity index (χ1n) is 12.8. The largest absolute Gasteiger partial charge is 0.449 e. The lowest BCUT2D eigenvalue weighted by Crippen LogP contribution is -2.48. The van der Waals surface area contributed by atoms with Crippen molar-refractivity contribution in [2.45, 2.75) is 51.4 Å². The summed E-state index contributed by atoms with van der Waals surface area (Å²) in [5.74, 6) is 0.127. The second-order valence-corrected chi connectivity index (χ2v) is 9.42. The Labute approximate surface area is 213 Å². The van der Waals surface area contributed by atoms with Crippen molar-refractivity contribution < 1.29 is 19.0 Å². The number of carbonyl (C=O) groups is 1. The Bertz CT molecular complexity index is 1100. The Morgan fingerprint density at radius 1 is 0.778 bits per heavy atom. The van der Waals surface area contributed by atoms with E-state index >= 15 is 0 Å². The molecule has 1 aliphatic heterocycles. The zero-order valence-electron chi connectivity index (χ0n) is 20.7. The molecule has 3 aromatic carbocycles. The van der Waals surface area contributed by atoms with Gasteiger partial charge >= 0.3 is 6.09 Å².